The standard InChI is InChI=1S/C13H18N4O4S3/c1-9-8-10(12-14-15-13(22-3)16(12)2)6-7-11(9)17(23(4,18)19)24(5,20)21/h6-8H,1-5H3. The minimum atomic E-state index is -3.97. The summed E-state index contributed by atoms with van der Waals surface area (Å²) in [5.41, 5.74) is 1.31. The Hall–Kier alpha value is -1.59. The van der Waals surface area contributed by atoms with Crippen molar-refractivity contribution in [1.82, 2.24) is 14.8 Å². The molecular formula is C13H18N4O4S3. The average molecular weight is 391 g/mol. The molecule has 0 aliphatic rings. The first-order chi connectivity index (χ1) is 11.0. The topological polar surface area (TPSA) is 102 Å². The Balaban J connectivity index is 2.59. The minimum Gasteiger partial charge on any atom is -0.305 e. The molecule has 8 nitrogen and oxygen atoms in total. The fraction of sp³-hybridized carbons (Fsp3) is 0.385. The lowest BCUT2D eigenvalue weighted by Gasteiger charge is -2.22. The smallest absolute Gasteiger partial charge is 0.245 e. The van der Waals surface area contributed by atoms with E-state index in [-0.39, 0.29) is 5.69 Å². The summed E-state index contributed by atoms with van der Waals surface area (Å²) < 4.78 is 49.8. The van der Waals surface area contributed by atoms with E-state index in [0.717, 1.165) is 17.7 Å². The van der Waals surface area contributed by atoms with Gasteiger partial charge in [0.25, 0.3) is 0 Å². The van der Waals surface area contributed by atoms with Crippen molar-refractivity contribution in [3.05, 3.63) is 23.8 Å². The summed E-state index contributed by atoms with van der Waals surface area (Å²) in [6, 6.07) is 4.77. The van der Waals surface area contributed by atoms with E-state index < -0.39 is 20.0 Å². The van der Waals surface area contributed by atoms with Crippen LogP contribution in [0.3, 0.4) is 0 Å². The molecule has 0 amide bonds. The second-order valence-corrected chi connectivity index (χ2v) is 9.96. The normalized spacial score (nSPS) is 12.4. The van der Waals surface area contributed by atoms with Crippen molar-refractivity contribution in [3.63, 3.8) is 0 Å². The van der Waals surface area contributed by atoms with Crippen LogP contribution in [0.5, 0.6) is 0 Å². The van der Waals surface area contributed by atoms with Crippen LogP contribution in [0.2, 0.25) is 0 Å². The summed E-state index contributed by atoms with van der Waals surface area (Å²) in [6.45, 7) is 1.65. The van der Waals surface area contributed by atoms with Gasteiger partial charge >= 0.3 is 0 Å². The zero-order valence-corrected chi connectivity index (χ0v) is 16.3. The molecule has 0 spiro atoms. The molecule has 0 N–H and O–H groups in total. The lowest BCUT2D eigenvalue weighted by Crippen LogP contribution is -2.35. The monoisotopic (exact) mass is 390 g/mol. The van der Waals surface area contributed by atoms with Gasteiger partial charge in [-0.2, -0.15) is 3.71 Å². The Kier molecular flexibility index (Phi) is 4.98. The Labute approximate surface area is 146 Å². The van der Waals surface area contributed by atoms with E-state index in [1.165, 1.54) is 17.8 Å². The van der Waals surface area contributed by atoms with E-state index in [1.54, 1.807) is 19.1 Å². The predicted molar refractivity (Wildman–Crippen MR) is 95.1 cm³/mol. The molecule has 1 aromatic carbocycles. The Bertz CT molecular complexity index is 949. The van der Waals surface area contributed by atoms with Crippen molar-refractivity contribution in [3.8, 4) is 11.4 Å². The van der Waals surface area contributed by atoms with Gasteiger partial charge in [-0.1, -0.05) is 11.8 Å². The van der Waals surface area contributed by atoms with Crippen LogP contribution in [0.15, 0.2) is 23.4 Å². The first kappa shape index (κ1) is 18.7. The molecule has 0 radical (unpaired) electrons. The molecule has 0 unspecified atom stereocenters. The molecular weight excluding hydrogens is 372 g/mol. The highest BCUT2D eigenvalue weighted by atomic mass is 32.3. The summed E-state index contributed by atoms with van der Waals surface area (Å²) in [5.74, 6) is 0.610. The number of benzene rings is 1. The molecule has 0 bridgehead atoms. The van der Waals surface area contributed by atoms with Crippen molar-refractivity contribution in [2.45, 2.75) is 12.1 Å². The Morgan fingerprint density at radius 1 is 1.08 bits per heavy atom. The van der Waals surface area contributed by atoms with Gasteiger partial charge in [-0.3, -0.25) is 0 Å². The molecule has 132 valence electrons. The summed E-state index contributed by atoms with van der Waals surface area (Å²) in [6.07, 6.45) is 3.60. The van der Waals surface area contributed by atoms with Gasteiger partial charge in [0.15, 0.2) is 11.0 Å². The number of hydrogen-bond donors (Lipinski definition) is 0. The molecule has 2 aromatic rings. The maximum Gasteiger partial charge on any atom is 0.245 e. The molecule has 0 saturated carbocycles. The predicted octanol–water partition coefficient (Wildman–Crippen LogP) is 1.24. The Morgan fingerprint density at radius 2 is 1.67 bits per heavy atom. The highest BCUT2D eigenvalue weighted by Gasteiger charge is 2.28. The second kappa shape index (κ2) is 6.37. The van der Waals surface area contributed by atoms with Gasteiger partial charge in [-0.15, -0.1) is 10.2 Å². The van der Waals surface area contributed by atoms with Crippen molar-refractivity contribution >= 4 is 37.5 Å². The molecule has 1 heterocycles. The molecule has 1 aromatic heterocycles. The van der Waals surface area contributed by atoms with Crippen LogP contribution in [-0.4, -0.2) is 50.4 Å². The fourth-order valence-corrected chi connectivity index (χ4v) is 5.92. The largest absolute Gasteiger partial charge is 0.305 e. The highest BCUT2D eigenvalue weighted by molar-refractivity contribution is 8.09. The highest BCUT2D eigenvalue weighted by Crippen LogP contribution is 2.30. The average Bonchev–Trinajstić information content (AvgIpc) is 2.79. The summed E-state index contributed by atoms with van der Waals surface area (Å²) in [5, 5.41) is 8.90. The number of sulfonamides is 2. The van der Waals surface area contributed by atoms with Gasteiger partial charge in [-0.25, -0.2) is 16.8 Å². The van der Waals surface area contributed by atoms with E-state index >= 15 is 0 Å². The lowest BCUT2D eigenvalue weighted by molar-refractivity contribution is 0.590. The van der Waals surface area contributed by atoms with Crippen LogP contribution in [0.25, 0.3) is 11.4 Å². The zero-order chi connectivity index (χ0) is 18.3. The summed E-state index contributed by atoms with van der Waals surface area (Å²) in [7, 11) is -6.13. The maximum absolute atomic E-state index is 11.9. The molecule has 0 aliphatic carbocycles. The van der Waals surface area contributed by atoms with E-state index in [0.29, 0.717) is 20.7 Å². The third kappa shape index (κ3) is 3.57. The summed E-state index contributed by atoms with van der Waals surface area (Å²) >= 11 is 1.45. The molecule has 0 fully saturated rings. The number of anilines is 1. The van der Waals surface area contributed by atoms with Crippen LogP contribution in [0.1, 0.15) is 5.56 Å². The van der Waals surface area contributed by atoms with Crippen molar-refractivity contribution in [2.75, 3.05) is 22.5 Å². The lowest BCUT2D eigenvalue weighted by atomic mass is 10.1. The third-order valence-corrected chi connectivity index (χ3v) is 7.22. The van der Waals surface area contributed by atoms with Crippen LogP contribution >= 0.6 is 11.8 Å². The minimum absolute atomic E-state index is 0.0935. The van der Waals surface area contributed by atoms with Gasteiger partial charge in [-0.05, 0) is 36.9 Å². The summed E-state index contributed by atoms with van der Waals surface area (Å²) in [4.78, 5) is 0. The van der Waals surface area contributed by atoms with Crippen LogP contribution in [-0.2, 0) is 27.1 Å². The van der Waals surface area contributed by atoms with Crippen molar-refractivity contribution < 1.29 is 16.8 Å². The number of aromatic nitrogens is 3. The molecule has 24 heavy (non-hydrogen) atoms. The van der Waals surface area contributed by atoms with Crippen LogP contribution in [0, 0.1) is 6.92 Å². The van der Waals surface area contributed by atoms with E-state index in [9.17, 15) is 16.8 Å². The first-order valence-electron chi connectivity index (χ1n) is 6.71. The number of rotatable bonds is 5. The third-order valence-electron chi connectivity index (χ3n) is 3.27. The number of thioether (sulfide) groups is 1. The quantitative estimate of drug-likeness (QED) is 0.708. The van der Waals surface area contributed by atoms with E-state index in [4.69, 9.17) is 0 Å². The van der Waals surface area contributed by atoms with Gasteiger partial charge in [0.05, 0.1) is 18.2 Å². The van der Waals surface area contributed by atoms with Gasteiger partial charge < -0.3 is 4.57 Å². The maximum atomic E-state index is 11.9. The number of nitrogens with zero attached hydrogens (tertiary/aromatic N) is 4. The zero-order valence-electron chi connectivity index (χ0n) is 13.9. The SMILES string of the molecule is CSc1nnc(-c2ccc(N(S(C)(=O)=O)S(C)(=O)=O)c(C)c2)n1C. The van der Waals surface area contributed by atoms with Gasteiger partial charge in [0.2, 0.25) is 20.0 Å². The molecule has 0 aliphatic heterocycles. The first-order valence-corrected chi connectivity index (χ1v) is 11.6. The van der Waals surface area contributed by atoms with Crippen molar-refractivity contribution in [2.24, 2.45) is 7.05 Å². The number of aryl methyl sites for hydroxylation is 1. The molecule has 0 atom stereocenters. The van der Waals surface area contributed by atoms with E-state index in [2.05, 4.69) is 10.2 Å². The van der Waals surface area contributed by atoms with Crippen LogP contribution < -0.4 is 3.71 Å². The van der Waals surface area contributed by atoms with Gasteiger partial charge in [0.1, 0.15) is 0 Å². The second-order valence-electron chi connectivity index (χ2n) is 5.29. The number of hydrogen-bond acceptors (Lipinski definition) is 7. The molecule has 11 heteroatoms. The van der Waals surface area contributed by atoms with Crippen LogP contribution in [0.4, 0.5) is 5.69 Å². The molecule has 2 rings (SSSR count). The fourth-order valence-electron chi connectivity index (χ4n) is 2.35. The van der Waals surface area contributed by atoms with Crippen molar-refractivity contribution in [1.29, 1.82) is 0 Å². The molecule has 0 saturated heterocycles. The van der Waals surface area contributed by atoms with Gasteiger partial charge in [0, 0.05) is 12.6 Å². The Morgan fingerprint density at radius 3 is 2.08 bits per heavy atom. The van der Waals surface area contributed by atoms with E-state index in [1.807, 2.05) is 17.9 Å².